The van der Waals surface area contributed by atoms with Crippen LogP contribution in [0.3, 0.4) is 0 Å². The zero-order chi connectivity index (χ0) is 25.6. The van der Waals surface area contributed by atoms with Gasteiger partial charge in [0.2, 0.25) is 11.7 Å². The zero-order valence-electron chi connectivity index (χ0n) is 20.4. The Bertz CT molecular complexity index is 995. The van der Waals surface area contributed by atoms with Crippen molar-refractivity contribution in [2.45, 2.75) is 66.4 Å². The van der Waals surface area contributed by atoms with E-state index in [-0.39, 0.29) is 17.9 Å². The van der Waals surface area contributed by atoms with Gasteiger partial charge in [-0.3, -0.25) is 4.79 Å². The average Bonchev–Trinajstić information content (AvgIpc) is 3.51. The molecule has 4 aliphatic heterocycles. The number of allylic oxidation sites excluding steroid dienone is 1. The van der Waals surface area contributed by atoms with Gasteiger partial charge in [0, 0.05) is 12.5 Å². The van der Waals surface area contributed by atoms with Crippen LogP contribution in [0.5, 0.6) is 5.75 Å². The number of fused-ring (bicyclic) bond motifs is 2. The highest BCUT2D eigenvalue weighted by Crippen LogP contribution is 2.50. The maximum absolute atomic E-state index is 13.4. The highest BCUT2D eigenvalue weighted by atomic mass is 35.5. The highest BCUT2D eigenvalue weighted by Gasteiger charge is 2.70. The van der Waals surface area contributed by atoms with Crippen molar-refractivity contribution in [3.8, 4) is 5.75 Å². The number of alkyl halides is 1. The number of amides is 1. The SMILES string of the molecule is COc1ccc(C2=CCO[C@@H]3[C@H](CN[C@@H]3C(=O)N[C@H]([C@H](C)Cl)[C@H]3OC(SC)[C@@]4(O)OC4C3O)C2)cc1. The number of carbonyl (C=O) groups is 1. The van der Waals surface area contributed by atoms with Crippen LogP contribution in [0.15, 0.2) is 30.3 Å². The van der Waals surface area contributed by atoms with E-state index in [2.05, 4.69) is 16.7 Å². The number of methoxy groups -OCH3 is 1. The molecule has 4 heterocycles. The zero-order valence-corrected chi connectivity index (χ0v) is 22.0. The number of benzene rings is 1. The summed E-state index contributed by atoms with van der Waals surface area (Å²) in [5, 5.41) is 27.0. The molecule has 3 fully saturated rings. The molecular formula is C25H33ClN2O7S. The Hall–Kier alpha value is -1.37. The third-order valence-electron chi connectivity index (χ3n) is 7.54. The van der Waals surface area contributed by atoms with Crippen LogP contribution in [0.2, 0.25) is 0 Å². The minimum Gasteiger partial charge on any atom is -0.497 e. The van der Waals surface area contributed by atoms with E-state index in [1.54, 1.807) is 20.3 Å². The number of epoxide rings is 1. The molecule has 4 N–H and O–H groups in total. The summed E-state index contributed by atoms with van der Waals surface area (Å²) < 4.78 is 22.7. The summed E-state index contributed by atoms with van der Waals surface area (Å²) in [7, 11) is 1.64. The molecule has 5 rings (SSSR count). The number of halogens is 1. The van der Waals surface area contributed by atoms with Crippen molar-refractivity contribution in [3.63, 3.8) is 0 Å². The van der Waals surface area contributed by atoms with Gasteiger partial charge < -0.3 is 39.8 Å². The van der Waals surface area contributed by atoms with Gasteiger partial charge >= 0.3 is 0 Å². The van der Waals surface area contributed by atoms with Gasteiger partial charge in [-0.05, 0) is 42.9 Å². The summed E-state index contributed by atoms with van der Waals surface area (Å²) in [6.07, 6.45) is 1.60. The summed E-state index contributed by atoms with van der Waals surface area (Å²) in [6.45, 7) is 2.78. The van der Waals surface area contributed by atoms with Gasteiger partial charge in [-0.2, -0.15) is 0 Å². The van der Waals surface area contributed by atoms with E-state index in [9.17, 15) is 15.0 Å². The Morgan fingerprint density at radius 1 is 1.36 bits per heavy atom. The fourth-order valence-corrected chi connectivity index (χ4v) is 6.49. The highest BCUT2D eigenvalue weighted by molar-refractivity contribution is 7.99. The molecule has 3 saturated heterocycles. The predicted octanol–water partition coefficient (Wildman–Crippen LogP) is 1.10. The minimum absolute atomic E-state index is 0.121. The van der Waals surface area contributed by atoms with Crippen LogP contribution >= 0.6 is 23.4 Å². The molecule has 0 saturated carbocycles. The molecule has 0 aliphatic carbocycles. The smallest absolute Gasteiger partial charge is 0.240 e. The molecule has 0 spiro atoms. The first kappa shape index (κ1) is 26.2. The Morgan fingerprint density at radius 2 is 2.11 bits per heavy atom. The molecule has 0 bridgehead atoms. The van der Waals surface area contributed by atoms with Crippen LogP contribution in [0, 0.1) is 5.92 Å². The normalized spacial score (nSPS) is 39.2. The largest absolute Gasteiger partial charge is 0.497 e. The molecule has 1 aromatic rings. The number of aliphatic hydroxyl groups excluding tert-OH is 1. The molecule has 0 radical (unpaired) electrons. The number of aliphatic hydroxyl groups is 2. The quantitative estimate of drug-likeness (QED) is 0.297. The summed E-state index contributed by atoms with van der Waals surface area (Å²) in [4.78, 5) is 13.4. The van der Waals surface area contributed by atoms with Gasteiger partial charge in [-0.25, -0.2) is 0 Å². The van der Waals surface area contributed by atoms with E-state index in [1.807, 2.05) is 24.3 Å². The summed E-state index contributed by atoms with van der Waals surface area (Å²) in [6, 6.07) is 6.68. The third kappa shape index (κ3) is 4.78. The lowest BCUT2D eigenvalue weighted by molar-refractivity contribution is -0.151. The second kappa shape index (κ2) is 10.4. The Balaban J connectivity index is 1.25. The van der Waals surface area contributed by atoms with E-state index < -0.39 is 47.0 Å². The lowest BCUT2D eigenvalue weighted by atomic mass is 9.90. The van der Waals surface area contributed by atoms with Gasteiger partial charge in [0.15, 0.2) is 5.44 Å². The van der Waals surface area contributed by atoms with Crippen molar-refractivity contribution < 1.29 is 34.0 Å². The number of carbonyl (C=O) groups excluding carboxylic acids is 1. The number of hydrogen-bond acceptors (Lipinski definition) is 9. The molecule has 0 aromatic heterocycles. The first-order chi connectivity index (χ1) is 17.3. The van der Waals surface area contributed by atoms with E-state index in [0.29, 0.717) is 13.2 Å². The molecule has 9 nitrogen and oxygen atoms in total. The summed E-state index contributed by atoms with van der Waals surface area (Å²) >= 11 is 7.75. The fraction of sp³-hybridized carbons (Fsp3) is 0.640. The van der Waals surface area contributed by atoms with Gasteiger partial charge in [0.1, 0.15) is 30.1 Å². The topological polar surface area (TPSA) is 122 Å². The van der Waals surface area contributed by atoms with Crippen molar-refractivity contribution in [2.75, 3.05) is 26.5 Å². The molecule has 1 aromatic carbocycles. The lowest BCUT2D eigenvalue weighted by Crippen LogP contribution is -2.62. The van der Waals surface area contributed by atoms with Crippen LogP contribution in [0.1, 0.15) is 18.9 Å². The monoisotopic (exact) mass is 540 g/mol. The molecule has 3 unspecified atom stereocenters. The van der Waals surface area contributed by atoms with Crippen LogP contribution in [-0.2, 0) is 19.0 Å². The first-order valence-corrected chi connectivity index (χ1v) is 13.9. The van der Waals surface area contributed by atoms with Crippen LogP contribution in [0.25, 0.3) is 5.57 Å². The molecule has 4 aliphatic rings. The number of nitrogens with one attached hydrogen (secondary N) is 2. The van der Waals surface area contributed by atoms with Gasteiger partial charge in [-0.15, -0.1) is 23.4 Å². The van der Waals surface area contributed by atoms with Crippen molar-refractivity contribution in [1.82, 2.24) is 10.6 Å². The van der Waals surface area contributed by atoms with Crippen LogP contribution in [-0.4, -0.2) is 95.7 Å². The number of hydrogen-bond donors (Lipinski definition) is 4. The van der Waals surface area contributed by atoms with Crippen LogP contribution in [0.4, 0.5) is 0 Å². The molecule has 10 atom stereocenters. The van der Waals surface area contributed by atoms with Gasteiger partial charge in [-0.1, -0.05) is 18.2 Å². The second-order valence-electron chi connectivity index (χ2n) is 9.77. The van der Waals surface area contributed by atoms with E-state index >= 15 is 0 Å². The standard InChI is InChI=1S/C25H33ClN2O7S/c1-12(26)17(21-19(29)22-25(31,35-22)24(34-21)36-3)28-23(30)18-20-15(11-27-18)10-14(8-9-33-20)13-4-6-16(32-2)7-5-13/h4-8,12,15,17-22,24,27,29,31H,9-11H2,1-3H3,(H,28,30)/t12-,15-,17+,18-,19?,20+,21+,22?,24?,25-/m0/s1. The third-order valence-corrected chi connectivity index (χ3v) is 8.69. The molecule has 36 heavy (non-hydrogen) atoms. The predicted molar refractivity (Wildman–Crippen MR) is 136 cm³/mol. The Labute approximate surface area is 219 Å². The van der Waals surface area contributed by atoms with Crippen molar-refractivity contribution in [3.05, 3.63) is 35.9 Å². The van der Waals surface area contributed by atoms with Crippen molar-refractivity contribution in [1.29, 1.82) is 0 Å². The lowest BCUT2D eigenvalue weighted by Gasteiger charge is -2.39. The maximum atomic E-state index is 13.4. The average molecular weight is 541 g/mol. The Kier molecular flexibility index (Phi) is 7.59. The molecule has 1 amide bonds. The van der Waals surface area contributed by atoms with Gasteiger partial charge in [0.05, 0.1) is 31.2 Å². The second-order valence-corrected chi connectivity index (χ2v) is 11.4. The van der Waals surface area contributed by atoms with Crippen molar-refractivity contribution in [2.24, 2.45) is 5.92 Å². The van der Waals surface area contributed by atoms with E-state index in [4.69, 9.17) is 30.5 Å². The number of thioether (sulfide) groups is 1. The van der Waals surface area contributed by atoms with Gasteiger partial charge in [0.25, 0.3) is 0 Å². The number of rotatable bonds is 7. The molecule has 198 valence electrons. The maximum Gasteiger partial charge on any atom is 0.240 e. The first-order valence-electron chi connectivity index (χ1n) is 12.2. The molecule has 11 heteroatoms. The Morgan fingerprint density at radius 3 is 2.78 bits per heavy atom. The minimum atomic E-state index is -1.51. The summed E-state index contributed by atoms with van der Waals surface area (Å²) in [5.74, 6) is -0.849. The van der Waals surface area contributed by atoms with Crippen molar-refractivity contribution >= 4 is 34.8 Å². The number of ether oxygens (including phenoxy) is 4. The summed E-state index contributed by atoms with van der Waals surface area (Å²) in [5.41, 5.74) is 1.60. The fourth-order valence-electron chi connectivity index (χ4n) is 5.51. The molecular weight excluding hydrogens is 508 g/mol. The van der Waals surface area contributed by atoms with Crippen LogP contribution < -0.4 is 15.4 Å². The van der Waals surface area contributed by atoms with E-state index in [0.717, 1.165) is 17.7 Å². The van der Waals surface area contributed by atoms with E-state index in [1.165, 1.54) is 17.3 Å².